The Hall–Kier alpha value is 0.245. The molecule has 0 aromatic heterocycles. The summed E-state index contributed by atoms with van der Waals surface area (Å²) >= 11 is 0. The van der Waals surface area contributed by atoms with Gasteiger partial charge in [-0.15, -0.1) is 12.4 Å². The molecule has 0 unspecified atom stereocenters. The molecule has 0 saturated carbocycles. The number of rotatable bonds is 0. The van der Waals surface area contributed by atoms with Gasteiger partial charge in [0.05, 0.1) is 0 Å². The Morgan fingerprint density at radius 3 is 1.67 bits per heavy atom. The van der Waals surface area contributed by atoms with Crippen molar-refractivity contribution in [2.24, 2.45) is 0 Å². The van der Waals surface area contributed by atoms with Gasteiger partial charge < -0.3 is 5.11 Å². The van der Waals surface area contributed by atoms with E-state index in [1.54, 1.807) is 24.3 Å². The maximum atomic E-state index is 8.63. The SMILES string of the molecule is Cl.Oc1ccccc1.[Hg]. The summed E-state index contributed by atoms with van der Waals surface area (Å²) in [5, 5.41) is 8.63. The number of para-hydroxylation sites is 1. The van der Waals surface area contributed by atoms with Gasteiger partial charge in [0.1, 0.15) is 5.75 Å². The van der Waals surface area contributed by atoms with Gasteiger partial charge in [0.2, 0.25) is 0 Å². The molecule has 0 aliphatic rings. The van der Waals surface area contributed by atoms with Gasteiger partial charge in [0.25, 0.3) is 0 Å². The summed E-state index contributed by atoms with van der Waals surface area (Å²) in [6.07, 6.45) is 0. The van der Waals surface area contributed by atoms with Crippen LogP contribution in [0.25, 0.3) is 0 Å². The van der Waals surface area contributed by atoms with E-state index < -0.39 is 0 Å². The molecule has 0 saturated heterocycles. The molecule has 0 aliphatic heterocycles. The molecule has 0 bridgehead atoms. The molecule has 0 heterocycles. The van der Waals surface area contributed by atoms with Crippen molar-refractivity contribution in [1.82, 2.24) is 0 Å². The normalized spacial score (nSPS) is 6.67. The third-order valence-corrected chi connectivity index (χ3v) is 0.756. The van der Waals surface area contributed by atoms with Crippen LogP contribution < -0.4 is 0 Å². The zero-order valence-electron chi connectivity index (χ0n) is 4.95. The summed E-state index contributed by atoms with van der Waals surface area (Å²) in [6, 6.07) is 8.71. The summed E-state index contributed by atoms with van der Waals surface area (Å²) in [6.45, 7) is 0. The van der Waals surface area contributed by atoms with E-state index in [0.717, 1.165) is 0 Å². The monoisotopic (exact) mass is 332 g/mol. The van der Waals surface area contributed by atoms with Crippen LogP contribution in [-0.2, 0) is 27.7 Å². The fourth-order valence-electron chi connectivity index (χ4n) is 0.428. The van der Waals surface area contributed by atoms with E-state index in [1.807, 2.05) is 6.07 Å². The summed E-state index contributed by atoms with van der Waals surface area (Å²) < 4.78 is 0. The fraction of sp³-hybridized carbons (Fsp3) is 0. The van der Waals surface area contributed by atoms with Crippen molar-refractivity contribution >= 4 is 12.4 Å². The molecular formula is C6H7ClHgO. The molecule has 1 nitrogen and oxygen atoms in total. The number of phenols is 1. The van der Waals surface area contributed by atoms with Crippen LogP contribution >= 0.6 is 12.4 Å². The molecule has 46 valence electrons. The van der Waals surface area contributed by atoms with Crippen LogP contribution in [0.4, 0.5) is 0 Å². The first-order valence-corrected chi connectivity index (χ1v) is 2.13. The number of hydrogen-bond acceptors (Lipinski definition) is 1. The molecule has 9 heavy (non-hydrogen) atoms. The Balaban J connectivity index is 0. The van der Waals surface area contributed by atoms with Gasteiger partial charge >= 0.3 is 0 Å². The standard InChI is InChI=1S/C6H6O.ClH.Hg/c7-6-4-2-1-3-5-6;;/h1-5,7H;1H;. The van der Waals surface area contributed by atoms with E-state index in [9.17, 15) is 0 Å². The first-order chi connectivity index (χ1) is 3.39. The molecule has 0 radical (unpaired) electrons. The first kappa shape index (κ1) is 12.0. The molecule has 1 rings (SSSR count). The molecule has 0 fully saturated rings. The van der Waals surface area contributed by atoms with Crippen molar-refractivity contribution in [3.05, 3.63) is 30.3 Å². The van der Waals surface area contributed by atoms with Crippen LogP contribution in [0.3, 0.4) is 0 Å². The van der Waals surface area contributed by atoms with Crippen LogP contribution in [0.2, 0.25) is 0 Å². The van der Waals surface area contributed by atoms with E-state index in [2.05, 4.69) is 0 Å². The maximum absolute atomic E-state index is 8.63. The zero-order valence-corrected chi connectivity index (χ0v) is 11.3. The minimum absolute atomic E-state index is 0. The van der Waals surface area contributed by atoms with Crippen LogP contribution in [0.5, 0.6) is 5.75 Å². The predicted molar refractivity (Wildman–Crippen MR) is 35.4 cm³/mol. The van der Waals surface area contributed by atoms with Crippen molar-refractivity contribution in [3.63, 3.8) is 0 Å². The van der Waals surface area contributed by atoms with Crippen LogP contribution in [0.15, 0.2) is 30.3 Å². The van der Waals surface area contributed by atoms with Gasteiger partial charge in [0, 0.05) is 27.7 Å². The number of aromatic hydroxyl groups is 1. The molecule has 0 spiro atoms. The van der Waals surface area contributed by atoms with Crippen molar-refractivity contribution in [2.45, 2.75) is 0 Å². The molecule has 0 atom stereocenters. The Bertz CT molecular complexity index is 143. The van der Waals surface area contributed by atoms with Crippen molar-refractivity contribution in [2.75, 3.05) is 0 Å². The Morgan fingerprint density at radius 1 is 1.00 bits per heavy atom. The average molecular weight is 331 g/mol. The minimum Gasteiger partial charge on any atom is -0.508 e. The molecule has 0 aliphatic carbocycles. The van der Waals surface area contributed by atoms with E-state index in [4.69, 9.17) is 5.11 Å². The minimum atomic E-state index is 0. The molecule has 1 aromatic carbocycles. The fourth-order valence-corrected chi connectivity index (χ4v) is 0.428. The van der Waals surface area contributed by atoms with Crippen molar-refractivity contribution < 1.29 is 32.8 Å². The molecular weight excluding hydrogens is 324 g/mol. The topological polar surface area (TPSA) is 20.2 Å². The molecule has 3 heteroatoms. The number of phenolic OH excluding ortho intramolecular Hbond substituents is 1. The van der Waals surface area contributed by atoms with E-state index in [-0.39, 0.29) is 40.1 Å². The van der Waals surface area contributed by atoms with Gasteiger partial charge in [-0.25, -0.2) is 0 Å². The van der Waals surface area contributed by atoms with E-state index in [0.29, 0.717) is 5.75 Å². The Morgan fingerprint density at radius 2 is 1.44 bits per heavy atom. The molecule has 1 N–H and O–H groups in total. The third-order valence-electron chi connectivity index (χ3n) is 0.756. The van der Waals surface area contributed by atoms with E-state index >= 15 is 0 Å². The average Bonchev–Trinajstić information content (AvgIpc) is 1.69. The van der Waals surface area contributed by atoms with Gasteiger partial charge in [-0.05, 0) is 12.1 Å². The number of hydrogen-bond donors (Lipinski definition) is 1. The largest absolute Gasteiger partial charge is 0.508 e. The molecule has 0 amide bonds. The Labute approximate surface area is 81.0 Å². The number of halogens is 1. The van der Waals surface area contributed by atoms with Gasteiger partial charge in [-0.1, -0.05) is 18.2 Å². The smallest absolute Gasteiger partial charge is 0.115 e. The van der Waals surface area contributed by atoms with Crippen LogP contribution in [0.1, 0.15) is 0 Å². The summed E-state index contributed by atoms with van der Waals surface area (Å²) in [5.74, 6) is 0.322. The second-order valence-electron chi connectivity index (χ2n) is 1.34. The van der Waals surface area contributed by atoms with Crippen molar-refractivity contribution in [1.29, 1.82) is 0 Å². The zero-order chi connectivity index (χ0) is 5.11. The van der Waals surface area contributed by atoms with Gasteiger partial charge in [0.15, 0.2) is 0 Å². The molecule has 1 aromatic rings. The summed E-state index contributed by atoms with van der Waals surface area (Å²) in [4.78, 5) is 0. The van der Waals surface area contributed by atoms with Gasteiger partial charge in [-0.3, -0.25) is 0 Å². The Kier molecular flexibility index (Phi) is 8.47. The van der Waals surface area contributed by atoms with Crippen molar-refractivity contribution in [3.8, 4) is 5.75 Å². The van der Waals surface area contributed by atoms with E-state index in [1.165, 1.54) is 0 Å². The predicted octanol–water partition coefficient (Wildman–Crippen LogP) is 1.81. The van der Waals surface area contributed by atoms with Crippen LogP contribution in [0, 0.1) is 0 Å². The summed E-state index contributed by atoms with van der Waals surface area (Å²) in [5.41, 5.74) is 0. The third kappa shape index (κ3) is 4.73. The second-order valence-corrected chi connectivity index (χ2v) is 1.34. The number of benzene rings is 1. The summed E-state index contributed by atoms with van der Waals surface area (Å²) in [7, 11) is 0. The first-order valence-electron chi connectivity index (χ1n) is 2.13. The quantitative estimate of drug-likeness (QED) is 0.719. The maximum Gasteiger partial charge on any atom is 0.115 e. The van der Waals surface area contributed by atoms with Gasteiger partial charge in [-0.2, -0.15) is 0 Å². The second kappa shape index (κ2) is 6.37. The van der Waals surface area contributed by atoms with Crippen LogP contribution in [-0.4, -0.2) is 5.11 Å².